The van der Waals surface area contributed by atoms with Crippen molar-refractivity contribution in [2.24, 2.45) is 11.7 Å². The van der Waals surface area contributed by atoms with Crippen molar-refractivity contribution in [1.82, 2.24) is 5.32 Å². The summed E-state index contributed by atoms with van der Waals surface area (Å²) in [7, 11) is 0. The zero-order valence-electron chi connectivity index (χ0n) is 15.1. The summed E-state index contributed by atoms with van der Waals surface area (Å²) in [6.07, 6.45) is -0.861. The van der Waals surface area contributed by atoms with Crippen molar-refractivity contribution in [1.29, 1.82) is 0 Å². The Labute approximate surface area is 155 Å². The normalized spacial score (nSPS) is 19.3. The fourth-order valence-electron chi connectivity index (χ4n) is 3.40. The number of nitrogens with two attached hydrogens (primary N) is 1. The van der Waals surface area contributed by atoms with Gasteiger partial charge in [-0.3, -0.25) is 9.59 Å². The van der Waals surface area contributed by atoms with Crippen LogP contribution in [0, 0.1) is 5.92 Å². The van der Waals surface area contributed by atoms with Gasteiger partial charge in [-0.2, -0.15) is 13.2 Å². The van der Waals surface area contributed by atoms with Crippen LogP contribution in [-0.2, 0) is 4.79 Å². The zero-order valence-corrected chi connectivity index (χ0v) is 15.1. The maximum absolute atomic E-state index is 12.7. The Bertz CT molecular complexity index is 742. The van der Waals surface area contributed by atoms with Gasteiger partial charge in [0.1, 0.15) is 5.75 Å². The molecule has 3 rings (SSSR count). The lowest BCUT2D eigenvalue weighted by molar-refractivity contribution is -0.153. The van der Waals surface area contributed by atoms with Crippen LogP contribution >= 0.6 is 0 Å². The minimum Gasteiger partial charge on any atom is -0.484 e. The number of amides is 2. The highest BCUT2D eigenvalue weighted by molar-refractivity contribution is 5.95. The number of carbonyl (C=O) groups is 2. The van der Waals surface area contributed by atoms with Crippen LogP contribution in [0.4, 0.5) is 13.2 Å². The largest absolute Gasteiger partial charge is 0.484 e. The fourth-order valence-corrected chi connectivity index (χ4v) is 3.40. The first-order valence-electron chi connectivity index (χ1n) is 9.02. The summed E-state index contributed by atoms with van der Waals surface area (Å²) in [5.41, 5.74) is 5.44. The smallest absolute Gasteiger partial charge is 0.422 e. The third-order valence-electron chi connectivity index (χ3n) is 5.10. The van der Waals surface area contributed by atoms with E-state index in [9.17, 15) is 22.8 Å². The molecule has 8 heteroatoms. The van der Waals surface area contributed by atoms with E-state index in [1.54, 1.807) is 19.1 Å². The van der Waals surface area contributed by atoms with Crippen molar-refractivity contribution < 1.29 is 27.5 Å². The molecule has 0 saturated heterocycles. The van der Waals surface area contributed by atoms with Crippen LogP contribution in [0.15, 0.2) is 18.2 Å². The standard InChI is InChI=1S/C19H23F3N2O3/c1-18(9-16(23)25,13-5-6-13)24-17(26)12-4-7-14(11-2-3-11)15(8-12)27-10-19(20,21)22/h4,7-8,11,13H,2-3,5-6,9-10H2,1H3,(H2,23,25)(H,24,26). The van der Waals surface area contributed by atoms with Crippen molar-refractivity contribution >= 4 is 11.8 Å². The van der Waals surface area contributed by atoms with Gasteiger partial charge in [0.05, 0.1) is 0 Å². The molecular formula is C19H23F3N2O3. The first-order valence-corrected chi connectivity index (χ1v) is 9.02. The average Bonchev–Trinajstić information content (AvgIpc) is 3.44. The minimum atomic E-state index is -4.45. The molecule has 1 atom stereocenters. The number of ether oxygens (including phenoxy) is 1. The lowest BCUT2D eigenvalue weighted by Crippen LogP contribution is -2.50. The van der Waals surface area contributed by atoms with Gasteiger partial charge in [-0.05, 0) is 62.1 Å². The highest BCUT2D eigenvalue weighted by atomic mass is 19.4. The van der Waals surface area contributed by atoms with E-state index in [0.717, 1.165) is 25.7 Å². The average molecular weight is 384 g/mol. The molecule has 1 unspecified atom stereocenters. The SMILES string of the molecule is CC(CC(N)=O)(NC(=O)c1ccc(C2CC2)c(OCC(F)(F)F)c1)C1CC1. The molecule has 148 valence electrons. The van der Waals surface area contributed by atoms with E-state index in [1.807, 2.05) is 0 Å². The van der Waals surface area contributed by atoms with Crippen LogP contribution in [0.25, 0.3) is 0 Å². The quantitative estimate of drug-likeness (QED) is 0.722. The first kappa shape index (κ1) is 19.5. The lowest BCUT2D eigenvalue weighted by atomic mass is 9.90. The molecule has 0 spiro atoms. The van der Waals surface area contributed by atoms with Crippen LogP contribution in [0.3, 0.4) is 0 Å². The van der Waals surface area contributed by atoms with E-state index in [0.29, 0.717) is 5.56 Å². The number of nitrogens with one attached hydrogen (secondary N) is 1. The third-order valence-corrected chi connectivity index (χ3v) is 5.10. The van der Waals surface area contributed by atoms with Crippen molar-refractivity contribution in [3.05, 3.63) is 29.3 Å². The molecule has 5 nitrogen and oxygen atoms in total. The van der Waals surface area contributed by atoms with Gasteiger partial charge in [0, 0.05) is 17.5 Å². The van der Waals surface area contributed by atoms with Crippen molar-refractivity contribution in [3.8, 4) is 5.75 Å². The molecule has 1 aromatic rings. The van der Waals surface area contributed by atoms with E-state index in [2.05, 4.69) is 5.32 Å². The molecule has 2 aliphatic carbocycles. The summed E-state index contributed by atoms with van der Waals surface area (Å²) in [4.78, 5) is 24.1. The third kappa shape index (κ3) is 5.14. The Hall–Kier alpha value is -2.25. The second-order valence-electron chi connectivity index (χ2n) is 7.72. The molecule has 2 amide bonds. The number of hydrogen-bond acceptors (Lipinski definition) is 3. The molecule has 2 fully saturated rings. The molecule has 27 heavy (non-hydrogen) atoms. The van der Waals surface area contributed by atoms with Gasteiger partial charge in [0.25, 0.3) is 5.91 Å². The molecule has 1 aromatic carbocycles. The van der Waals surface area contributed by atoms with Gasteiger partial charge in [-0.15, -0.1) is 0 Å². The highest BCUT2D eigenvalue weighted by Crippen LogP contribution is 2.45. The number of benzene rings is 1. The van der Waals surface area contributed by atoms with Crippen LogP contribution in [0.2, 0.25) is 0 Å². The Balaban J connectivity index is 1.78. The minimum absolute atomic E-state index is 0.0149. The zero-order chi connectivity index (χ0) is 19.8. The Morgan fingerprint density at radius 1 is 1.22 bits per heavy atom. The number of carbonyl (C=O) groups excluding carboxylic acids is 2. The molecule has 0 aromatic heterocycles. The summed E-state index contributed by atoms with van der Waals surface area (Å²) in [5.74, 6) is -0.532. The maximum atomic E-state index is 12.7. The van der Waals surface area contributed by atoms with E-state index in [-0.39, 0.29) is 29.6 Å². The van der Waals surface area contributed by atoms with Crippen LogP contribution < -0.4 is 15.8 Å². The van der Waals surface area contributed by atoms with Crippen molar-refractivity contribution in [2.75, 3.05) is 6.61 Å². The number of primary amides is 1. The van der Waals surface area contributed by atoms with E-state index in [4.69, 9.17) is 10.5 Å². The molecule has 0 heterocycles. The highest BCUT2D eigenvalue weighted by Gasteiger charge is 2.43. The van der Waals surface area contributed by atoms with Crippen LogP contribution in [0.1, 0.15) is 60.9 Å². The molecule has 0 bridgehead atoms. The van der Waals surface area contributed by atoms with Gasteiger partial charge >= 0.3 is 6.18 Å². The Kier molecular flexibility index (Phi) is 5.10. The van der Waals surface area contributed by atoms with E-state index >= 15 is 0 Å². The van der Waals surface area contributed by atoms with Gasteiger partial charge in [-0.25, -0.2) is 0 Å². The Morgan fingerprint density at radius 2 is 1.89 bits per heavy atom. The van der Waals surface area contributed by atoms with Gasteiger partial charge in [0.2, 0.25) is 5.91 Å². The topological polar surface area (TPSA) is 81.4 Å². The summed E-state index contributed by atoms with van der Waals surface area (Å²) in [5, 5.41) is 2.85. The first-order chi connectivity index (χ1) is 12.6. The predicted molar refractivity (Wildman–Crippen MR) is 92.4 cm³/mol. The molecular weight excluding hydrogens is 361 g/mol. The fraction of sp³-hybridized carbons (Fsp3) is 0.579. The Morgan fingerprint density at radius 3 is 2.41 bits per heavy atom. The van der Waals surface area contributed by atoms with Crippen molar-refractivity contribution in [2.45, 2.75) is 56.7 Å². The monoisotopic (exact) mass is 384 g/mol. The summed E-state index contributed by atoms with van der Waals surface area (Å²) >= 11 is 0. The number of alkyl halides is 3. The summed E-state index contributed by atoms with van der Waals surface area (Å²) < 4.78 is 42.6. The molecule has 2 saturated carbocycles. The summed E-state index contributed by atoms with van der Waals surface area (Å²) in [6.45, 7) is 0.367. The predicted octanol–water partition coefficient (Wildman–Crippen LogP) is 3.28. The van der Waals surface area contributed by atoms with Gasteiger partial charge < -0.3 is 15.8 Å². The molecule has 0 aliphatic heterocycles. The van der Waals surface area contributed by atoms with E-state index < -0.39 is 30.1 Å². The maximum Gasteiger partial charge on any atom is 0.422 e. The molecule has 2 aliphatic rings. The summed E-state index contributed by atoms with van der Waals surface area (Å²) in [6, 6.07) is 4.59. The van der Waals surface area contributed by atoms with Crippen LogP contribution in [-0.4, -0.2) is 30.1 Å². The molecule has 3 N–H and O–H groups in total. The van der Waals surface area contributed by atoms with E-state index in [1.165, 1.54) is 6.07 Å². The number of halogens is 3. The number of hydrogen-bond donors (Lipinski definition) is 2. The van der Waals surface area contributed by atoms with Crippen LogP contribution in [0.5, 0.6) is 5.75 Å². The van der Waals surface area contributed by atoms with Gasteiger partial charge in [0.15, 0.2) is 6.61 Å². The lowest BCUT2D eigenvalue weighted by Gasteiger charge is -2.30. The second kappa shape index (κ2) is 7.05. The molecule has 0 radical (unpaired) electrons. The van der Waals surface area contributed by atoms with Crippen molar-refractivity contribution in [3.63, 3.8) is 0 Å². The van der Waals surface area contributed by atoms with Gasteiger partial charge in [-0.1, -0.05) is 6.07 Å². The second-order valence-corrected chi connectivity index (χ2v) is 7.72. The number of rotatable bonds is 8.